The molecule has 5 nitrogen and oxygen atoms in total. The lowest BCUT2D eigenvalue weighted by Crippen LogP contribution is -2.14. The van der Waals surface area contributed by atoms with Crippen LogP contribution in [0.5, 0.6) is 0 Å². The summed E-state index contributed by atoms with van der Waals surface area (Å²) in [4.78, 5) is 16.7. The SMILES string of the molecule is COCCn1cc(CC(=O)Nc2ccc(F)cc2)c2cccnc21. The molecule has 0 unspecified atom stereocenters. The first-order valence-electron chi connectivity index (χ1n) is 7.64. The lowest BCUT2D eigenvalue weighted by molar-refractivity contribution is -0.115. The number of methoxy groups -OCH3 is 1. The van der Waals surface area contributed by atoms with Crippen molar-refractivity contribution in [2.24, 2.45) is 0 Å². The zero-order chi connectivity index (χ0) is 16.9. The Morgan fingerprint density at radius 3 is 2.83 bits per heavy atom. The van der Waals surface area contributed by atoms with Gasteiger partial charge in [-0.1, -0.05) is 0 Å². The van der Waals surface area contributed by atoms with E-state index in [1.807, 2.05) is 22.9 Å². The Labute approximate surface area is 139 Å². The zero-order valence-corrected chi connectivity index (χ0v) is 13.3. The van der Waals surface area contributed by atoms with Crippen molar-refractivity contribution < 1.29 is 13.9 Å². The van der Waals surface area contributed by atoms with Crippen molar-refractivity contribution >= 4 is 22.6 Å². The van der Waals surface area contributed by atoms with E-state index in [-0.39, 0.29) is 18.1 Å². The number of ether oxygens (including phenoxy) is 1. The summed E-state index contributed by atoms with van der Waals surface area (Å²) >= 11 is 0. The summed E-state index contributed by atoms with van der Waals surface area (Å²) in [5.41, 5.74) is 2.30. The van der Waals surface area contributed by atoms with Crippen LogP contribution in [-0.4, -0.2) is 29.2 Å². The molecule has 2 heterocycles. The summed E-state index contributed by atoms with van der Waals surface area (Å²) in [6.45, 7) is 1.24. The third-order valence-corrected chi connectivity index (χ3v) is 3.73. The van der Waals surface area contributed by atoms with Gasteiger partial charge in [-0.05, 0) is 42.0 Å². The summed E-state index contributed by atoms with van der Waals surface area (Å²) in [6.07, 6.45) is 3.88. The Bertz CT molecular complexity index is 843. The first-order valence-corrected chi connectivity index (χ1v) is 7.64. The number of amides is 1. The molecule has 2 aromatic heterocycles. The molecular weight excluding hydrogens is 309 g/mol. The fraction of sp³-hybridized carbons (Fsp3) is 0.222. The van der Waals surface area contributed by atoms with Gasteiger partial charge in [0.1, 0.15) is 11.5 Å². The Morgan fingerprint density at radius 1 is 1.29 bits per heavy atom. The molecule has 0 aliphatic heterocycles. The molecule has 3 aromatic rings. The molecule has 1 aromatic carbocycles. The van der Waals surface area contributed by atoms with Crippen LogP contribution in [0.25, 0.3) is 11.0 Å². The van der Waals surface area contributed by atoms with Crippen LogP contribution in [0.1, 0.15) is 5.56 Å². The van der Waals surface area contributed by atoms with Gasteiger partial charge >= 0.3 is 0 Å². The van der Waals surface area contributed by atoms with E-state index in [1.165, 1.54) is 24.3 Å². The quantitative estimate of drug-likeness (QED) is 0.757. The molecule has 0 aliphatic rings. The largest absolute Gasteiger partial charge is 0.383 e. The van der Waals surface area contributed by atoms with E-state index in [2.05, 4.69) is 10.3 Å². The molecule has 1 amide bonds. The zero-order valence-electron chi connectivity index (χ0n) is 13.3. The van der Waals surface area contributed by atoms with E-state index in [0.717, 1.165) is 16.6 Å². The highest BCUT2D eigenvalue weighted by atomic mass is 19.1. The smallest absolute Gasteiger partial charge is 0.228 e. The highest BCUT2D eigenvalue weighted by Gasteiger charge is 2.13. The van der Waals surface area contributed by atoms with Crippen LogP contribution in [0.15, 0.2) is 48.8 Å². The molecule has 0 saturated carbocycles. The van der Waals surface area contributed by atoms with Gasteiger partial charge in [-0.25, -0.2) is 9.37 Å². The second kappa shape index (κ2) is 7.23. The van der Waals surface area contributed by atoms with Crippen LogP contribution in [0.4, 0.5) is 10.1 Å². The van der Waals surface area contributed by atoms with Crippen LogP contribution in [0.2, 0.25) is 0 Å². The topological polar surface area (TPSA) is 56.1 Å². The number of carbonyl (C=O) groups is 1. The highest BCUT2D eigenvalue weighted by molar-refractivity contribution is 5.95. The van der Waals surface area contributed by atoms with E-state index in [9.17, 15) is 9.18 Å². The van der Waals surface area contributed by atoms with Crippen LogP contribution in [0, 0.1) is 5.82 Å². The van der Waals surface area contributed by atoms with Crippen molar-refractivity contribution in [1.29, 1.82) is 0 Å². The summed E-state index contributed by atoms with van der Waals surface area (Å²) in [5.74, 6) is -0.489. The first kappa shape index (κ1) is 16.1. The number of anilines is 1. The number of halogens is 1. The Kier molecular flexibility index (Phi) is 4.86. The van der Waals surface area contributed by atoms with Crippen LogP contribution in [0.3, 0.4) is 0 Å². The normalized spacial score (nSPS) is 10.9. The molecule has 0 saturated heterocycles. The number of benzene rings is 1. The van der Waals surface area contributed by atoms with E-state index in [1.54, 1.807) is 13.3 Å². The van der Waals surface area contributed by atoms with Crippen molar-refractivity contribution in [3.8, 4) is 0 Å². The second-order valence-electron chi connectivity index (χ2n) is 5.45. The minimum atomic E-state index is -0.333. The summed E-state index contributed by atoms with van der Waals surface area (Å²) < 4.78 is 20.0. The van der Waals surface area contributed by atoms with Gasteiger partial charge in [0.15, 0.2) is 0 Å². The van der Waals surface area contributed by atoms with Gasteiger partial charge < -0.3 is 14.6 Å². The molecule has 0 bridgehead atoms. The molecular formula is C18H18FN3O2. The maximum Gasteiger partial charge on any atom is 0.228 e. The molecule has 6 heteroatoms. The van der Waals surface area contributed by atoms with E-state index < -0.39 is 0 Å². The van der Waals surface area contributed by atoms with Gasteiger partial charge in [-0.15, -0.1) is 0 Å². The summed E-state index contributed by atoms with van der Waals surface area (Å²) in [6, 6.07) is 9.51. The van der Waals surface area contributed by atoms with Gasteiger partial charge in [0.2, 0.25) is 5.91 Å². The Balaban J connectivity index is 1.78. The lowest BCUT2D eigenvalue weighted by Gasteiger charge is -2.04. The number of nitrogens with zero attached hydrogens (tertiary/aromatic N) is 2. The summed E-state index contributed by atoms with van der Waals surface area (Å²) in [5, 5.41) is 3.72. The van der Waals surface area contributed by atoms with Gasteiger partial charge in [-0.2, -0.15) is 0 Å². The second-order valence-corrected chi connectivity index (χ2v) is 5.45. The molecule has 0 fully saturated rings. The van der Waals surface area contributed by atoms with Crippen molar-refractivity contribution in [2.45, 2.75) is 13.0 Å². The van der Waals surface area contributed by atoms with E-state index >= 15 is 0 Å². The molecule has 24 heavy (non-hydrogen) atoms. The van der Waals surface area contributed by atoms with Crippen molar-refractivity contribution in [2.75, 3.05) is 19.0 Å². The van der Waals surface area contributed by atoms with E-state index in [0.29, 0.717) is 18.8 Å². The number of hydrogen-bond donors (Lipinski definition) is 1. The third-order valence-electron chi connectivity index (χ3n) is 3.73. The van der Waals surface area contributed by atoms with Crippen LogP contribution >= 0.6 is 0 Å². The van der Waals surface area contributed by atoms with Gasteiger partial charge in [0.25, 0.3) is 0 Å². The lowest BCUT2D eigenvalue weighted by atomic mass is 10.1. The molecule has 1 N–H and O–H groups in total. The Hall–Kier alpha value is -2.73. The first-order chi connectivity index (χ1) is 11.7. The fourth-order valence-corrected chi connectivity index (χ4v) is 2.61. The van der Waals surface area contributed by atoms with Crippen LogP contribution in [-0.2, 0) is 22.5 Å². The number of aromatic nitrogens is 2. The minimum absolute atomic E-state index is 0.156. The van der Waals surface area contributed by atoms with Crippen molar-refractivity contribution in [3.63, 3.8) is 0 Å². The molecule has 0 atom stereocenters. The molecule has 0 radical (unpaired) electrons. The van der Waals surface area contributed by atoms with Gasteiger partial charge in [0, 0.05) is 37.1 Å². The number of fused-ring (bicyclic) bond motifs is 1. The predicted molar refractivity (Wildman–Crippen MR) is 90.3 cm³/mol. The summed E-state index contributed by atoms with van der Waals surface area (Å²) in [7, 11) is 1.65. The van der Waals surface area contributed by atoms with Crippen molar-refractivity contribution in [3.05, 3.63) is 60.2 Å². The molecule has 0 spiro atoms. The molecule has 0 aliphatic carbocycles. The van der Waals surface area contributed by atoms with Crippen molar-refractivity contribution in [1.82, 2.24) is 9.55 Å². The Morgan fingerprint density at radius 2 is 2.08 bits per heavy atom. The molecule has 124 valence electrons. The maximum atomic E-state index is 12.9. The molecule has 3 rings (SSSR count). The fourth-order valence-electron chi connectivity index (χ4n) is 2.61. The average molecular weight is 327 g/mol. The minimum Gasteiger partial charge on any atom is -0.383 e. The number of nitrogens with one attached hydrogen (secondary N) is 1. The van der Waals surface area contributed by atoms with Gasteiger partial charge in [-0.3, -0.25) is 4.79 Å². The van der Waals surface area contributed by atoms with E-state index in [4.69, 9.17) is 4.74 Å². The number of rotatable bonds is 6. The van der Waals surface area contributed by atoms with Crippen LogP contribution < -0.4 is 5.32 Å². The number of carbonyl (C=O) groups excluding carboxylic acids is 1. The standard InChI is InChI=1S/C18H18FN3O2/c1-24-10-9-22-12-13(16-3-2-8-20-18(16)22)11-17(23)21-15-6-4-14(19)5-7-15/h2-8,12H,9-11H2,1H3,(H,21,23). The monoisotopic (exact) mass is 327 g/mol. The maximum absolute atomic E-state index is 12.9. The average Bonchev–Trinajstić information content (AvgIpc) is 2.93. The number of pyridine rings is 1. The van der Waals surface area contributed by atoms with Gasteiger partial charge in [0.05, 0.1) is 13.0 Å². The predicted octanol–water partition coefficient (Wildman–Crippen LogP) is 3.00. The highest BCUT2D eigenvalue weighted by Crippen LogP contribution is 2.20. The third kappa shape index (κ3) is 3.60. The number of hydrogen-bond acceptors (Lipinski definition) is 3.